The molecule has 0 aliphatic carbocycles. The molecule has 0 amide bonds. The van der Waals surface area contributed by atoms with Gasteiger partial charge in [0.05, 0.1) is 0 Å². The van der Waals surface area contributed by atoms with Crippen LogP contribution in [0.2, 0.25) is 0 Å². The molecule has 0 heteroatoms. The molecule has 0 saturated carbocycles. The van der Waals surface area contributed by atoms with Gasteiger partial charge in [0, 0.05) is 0 Å². The Labute approximate surface area is 122 Å². The highest BCUT2D eigenvalue weighted by Gasteiger charge is 1.96. The van der Waals surface area contributed by atoms with Gasteiger partial charge in [0.1, 0.15) is 0 Å². The second-order valence-corrected chi connectivity index (χ2v) is 4.55. The summed E-state index contributed by atoms with van der Waals surface area (Å²) in [6.45, 7) is 17.8. The second kappa shape index (κ2) is 7.96. The molecule has 0 radical (unpaired) electrons. The summed E-state index contributed by atoms with van der Waals surface area (Å²) in [6.07, 6.45) is 10.4. The Morgan fingerprint density at radius 3 is 2.10 bits per heavy atom. The summed E-state index contributed by atoms with van der Waals surface area (Å²) >= 11 is 0. The average molecular weight is 262 g/mol. The predicted molar refractivity (Wildman–Crippen MR) is 91.6 cm³/mol. The number of benzene rings is 1. The summed E-state index contributed by atoms with van der Waals surface area (Å²) < 4.78 is 0. The number of allylic oxidation sites excluding steroid dienone is 8. The Balaban J connectivity index is 2.71. The number of aryl methyl sites for hydroxylation is 1. The summed E-state index contributed by atoms with van der Waals surface area (Å²) in [5, 5.41) is 0. The molecule has 20 heavy (non-hydrogen) atoms. The van der Waals surface area contributed by atoms with Gasteiger partial charge in [-0.3, -0.25) is 0 Å². The van der Waals surface area contributed by atoms with Gasteiger partial charge >= 0.3 is 0 Å². The average Bonchev–Trinajstić information content (AvgIpc) is 2.49. The molecule has 0 unspecified atom stereocenters. The molecule has 1 rings (SSSR count). The third-order valence-corrected chi connectivity index (χ3v) is 3.06. The monoisotopic (exact) mass is 262 g/mol. The third kappa shape index (κ3) is 4.74. The maximum Gasteiger partial charge on any atom is -0.0190 e. The highest BCUT2D eigenvalue weighted by Crippen LogP contribution is 2.17. The van der Waals surface area contributed by atoms with E-state index in [2.05, 4.69) is 57.5 Å². The van der Waals surface area contributed by atoms with E-state index < -0.39 is 0 Å². The van der Waals surface area contributed by atoms with Crippen LogP contribution in [0.1, 0.15) is 18.1 Å². The smallest absolute Gasteiger partial charge is 0.0190 e. The van der Waals surface area contributed by atoms with Crippen molar-refractivity contribution >= 4 is 5.57 Å². The zero-order valence-corrected chi connectivity index (χ0v) is 12.2. The SMILES string of the molecule is C=C/C=C\C(=C)C(=C)/C=C\C(=C)c1ccc(CC)cc1. The normalized spacial score (nSPS) is 10.8. The molecule has 0 aliphatic rings. The van der Waals surface area contributed by atoms with Crippen LogP contribution in [0.3, 0.4) is 0 Å². The first-order chi connectivity index (χ1) is 9.58. The molecule has 1 aromatic rings. The summed E-state index contributed by atoms with van der Waals surface area (Å²) in [5.41, 5.74) is 5.16. The van der Waals surface area contributed by atoms with E-state index in [9.17, 15) is 0 Å². The molecule has 0 bridgehead atoms. The van der Waals surface area contributed by atoms with Crippen molar-refractivity contribution in [2.45, 2.75) is 13.3 Å². The molecule has 0 nitrogen and oxygen atoms in total. The second-order valence-electron chi connectivity index (χ2n) is 4.55. The van der Waals surface area contributed by atoms with Gasteiger partial charge < -0.3 is 0 Å². The molecule has 0 N–H and O–H groups in total. The van der Waals surface area contributed by atoms with Crippen molar-refractivity contribution in [2.75, 3.05) is 0 Å². The summed E-state index contributed by atoms with van der Waals surface area (Å²) in [4.78, 5) is 0. The minimum absolute atomic E-state index is 0.870. The van der Waals surface area contributed by atoms with Gasteiger partial charge in [-0.25, -0.2) is 0 Å². The number of rotatable bonds is 7. The zero-order chi connectivity index (χ0) is 15.0. The number of hydrogen-bond donors (Lipinski definition) is 0. The van der Waals surface area contributed by atoms with Gasteiger partial charge in [0.2, 0.25) is 0 Å². The van der Waals surface area contributed by atoms with E-state index in [1.807, 2.05) is 24.3 Å². The quantitative estimate of drug-likeness (QED) is 0.555. The van der Waals surface area contributed by atoms with E-state index in [1.54, 1.807) is 6.08 Å². The summed E-state index contributed by atoms with van der Waals surface area (Å²) in [7, 11) is 0. The fourth-order valence-electron chi connectivity index (χ4n) is 1.65. The molecule has 0 aliphatic heterocycles. The van der Waals surface area contributed by atoms with Crippen LogP contribution < -0.4 is 0 Å². The predicted octanol–water partition coefficient (Wildman–Crippen LogP) is 5.67. The van der Waals surface area contributed by atoms with Crippen molar-refractivity contribution in [3.8, 4) is 0 Å². The molecule has 0 heterocycles. The largest absolute Gasteiger partial charge is 0.0991 e. The van der Waals surface area contributed by atoms with Crippen molar-refractivity contribution in [3.05, 3.63) is 103 Å². The highest BCUT2D eigenvalue weighted by atomic mass is 14.0. The van der Waals surface area contributed by atoms with E-state index in [1.165, 1.54) is 5.56 Å². The van der Waals surface area contributed by atoms with Crippen molar-refractivity contribution in [3.63, 3.8) is 0 Å². The molecule has 0 fully saturated rings. The van der Waals surface area contributed by atoms with Crippen LogP contribution in [-0.4, -0.2) is 0 Å². The summed E-state index contributed by atoms with van der Waals surface area (Å²) in [6, 6.07) is 8.46. The van der Waals surface area contributed by atoms with Crippen LogP contribution in [0.4, 0.5) is 0 Å². The fraction of sp³-hybridized carbons (Fsp3) is 0.100. The van der Waals surface area contributed by atoms with Crippen LogP contribution in [0.25, 0.3) is 5.57 Å². The molecule has 0 aromatic heterocycles. The lowest BCUT2D eigenvalue weighted by molar-refractivity contribution is 1.14. The lowest BCUT2D eigenvalue weighted by Crippen LogP contribution is -1.83. The van der Waals surface area contributed by atoms with Crippen LogP contribution in [0, 0.1) is 0 Å². The van der Waals surface area contributed by atoms with Crippen molar-refractivity contribution in [1.29, 1.82) is 0 Å². The highest BCUT2D eigenvalue weighted by molar-refractivity contribution is 5.73. The van der Waals surface area contributed by atoms with E-state index in [-0.39, 0.29) is 0 Å². The van der Waals surface area contributed by atoms with Gasteiger partial charge in [-0.15, -0.1) is 0 Å². The minimum atomic E-state index is 0.870. The lowest BCUT2D eigenvalue weighted by atomic mass is 10.0. The van der Waals surface area contributed by atoms with Crippen molar-refractivity contribution < 1.29 is 0 Å². The Morgan fingerprint density at radius 1 is 0.950 bits per heavy atom. The fourth-order valence-corrected chi connectivity index (χ4v) is 1.65. The first kappa shape index (κ1) is 15.7. The van der Waals surface area contributed by atoms with Crippen molar-refractivity contribution in [1.82, 2.24) is 0 Å². The standard InChI is InChI=1S/C20H22/c1-6-8-9-16(3)17(4)10-11-18(5)20-14-12-19(7-2)13-15-20/h6,8-15H,1,3-5,7H2,2H3/b9-8-,11-10-. The van der Waals surface area contributed by atoms with Gasteiger partial charge in [0.25, 0.3) is 0 Å². The molecule has 0 atom stereocenters. The lowest BCUT2D eigenvalue weighted by Gasteiger charge is -2.03. The Morgan fingerprint density at radius 2 is 1.55 bits per heavy atom. The maximum absolute atomic E-state index is 4.08. The molecule has 102 valence electrons. The van der Waals surface area contributed by atoms with Crippen molar-refractivity contribution in [2.24, 2.45) is 0 Å². The van der Waals surface area contributed by atoms with Gasteiger partial charge in [-0.05, 0) is 34.3 Å². The first-order valence-electron chi connectivity index (χ1n) is 6.72. The first-order valence-corrected chi connectivity index (χ1v) is 6.72. The van der Waals surface area contributed by atoms with Gasteiger partial charge in [-0.1, -0.05) is 87.9 Å². The third-order valence-electron chi connectivity index (χ3n) is 3.06. The Hall–Kier alpha value is -2.34. The number of hydrogen-bond acceptors (Lipinski definition) is 0. The molecule has 0 saturated heterocycles. The molecular weight excluding hydrogens is 240 g/mol. The molecular formula is C20H22. The topological polar surface area (TPSA) is 0 Å². The zero-order valence-electron chi connectivity index (χ0n) is 12.2. The maximum atomic E-state index is 4.08. The van der Waals surface area contributed by atoms with Gasteiger partial charge in [0.15, 0.2) is 0 Å². The minimum Gasteiger partial charge on any atom is -0.0991 e. The summed E-state index contributed by atoms with van der Waals surface area (Å²) in [5.74, 6) is 0. The van der Waals surface area contributed by atoms with E-state index in [0.717, 1.165) is 28.7 Å². The van der Waals surface area contributed by atoms with E-state index >= 15 is 0 Å². The molecule has 1 aromatic carbocycles. The Kier molecular flexibility index (Phi) is 6.25. The van der Waals surface area contributed by atoms with Gasteiger partial charge in [-0.2, -0.15) is 0 Å². The van der Waals surface area contributed by atoms with Crippen LogP contribution in [-0.2, 0) is 6.42 Å². The molecule has 0 spiro atoms. The van der Waals surface area contributed by atoms with Crippen LogP contribution in [0.5, 0.6) is 0 Å². The van der Waals surface area contributed by atoms with E-state index in [4.69, 9.17) is 0 Å². The van der Waals surface area contributed by atoms with E-state index in [0.29, 0.717) is 0 Å². The van der Waals surface area contributed by atoms with Crippen LogP contribution in [0.15, 0.2) is 92.1 Å². The Bertz CT molecular complexity index is 563. The van der Waals surface area contributed by atoms with Crippen LogP contribution >= 0.6 is 0 Å².